The number of hydrogen-bond acceptors (Lipinski definition) is 8. The van der Waals surface area contributed by atoms with E-state index in [0.29, 0.717) is 11.5 Å². The second kappa shape index (κ2) is 9.14. The van der Waals surface area contributed by atoms with Gasteiger partial charge in [0.1, 0.15) is 6.04 Å². The Labute approximate surface area is 173 Å². The van der Waals surface area contributed by atoms with Crippen molar-refractivity contribution in [2.75, 3.05) is 13.2 Å². The molecule has 3 atom stereocenters. The van der Waals surface area contributed by atoms with Crippen LogP contribution in [0.4, 0.5) is 4.79 Å². The number of nitrogens with two attached hydrogens (primary N) is 1. The fraction of sp³-hybridized carbons (Fsp3) is 0.750. The summed E-state index contributed by atoms with van der Waals surface area (Å²) in [6, 6.07) is -2.32. The first-order chi connectivity index (χ1) is 13.9. The number of rotatable bonds is 12. The molecule has 30 heavy (non-hydrogen) atoms. The lowest BCUT2D eigenvalue weighted by molar-refractivity contribution is -0.150. The van der Waals surface area contributed by atoms with Crippen LogP contribution in [0.2, 0.25) is 0 Å². The van der Waals surface area contributed by atoms with Gasteiger partial charge in [0.15, 0.2) is 0 Å². The van der Waals surface area contributed by atoms with Crippen molar-refractivity contribution in [1.29, 1.82) is 0 Å². The topological polar surface area (TPSA) is 194 Å². The SMILES string of the molecule is CC(CCCCC(=O)O)(COS(=O)(=O)ON1C(=O)N2C[C@H]1CC[C@H]2C(N)=O)C(=O)O. The van der Waals surface area contributed by atoms with Gasteiger partial charge in [0.2, 0.25) is 5.91 Å². The third-order valence-corrected chi connectivity index (χ3v) is 5.98. The number of nitrogens with zero attached hydrogens (tertiary/aromatic N) is 2. The van der Waals surface area contributed by atoms with Crippen LogP contribution >= 0.6 is 0 Å². The molecule has 2 aliphatic rings. The highest BCUT2D eigenvalue weighted by Gasteiger charge is 2.49. The number of carbonyl (C=O) groups excluding carboxylic acids is 2. The zero-order chi connectivity index (χ0) is 22.7. The van der Waals surface area contributed by atoms with Crippen LogP contribution < -0.4 is 5.73 Å². The van der Waals surface area contributed by atoms with E-state index in [2.05, 4.69) is 0 Å². The molecule has 2 bridgehead atoms. The summed E-state index contributed by atoms with van der Waals surface area (Å²) >= 11 is 0. The van der Waals surface area contributed by atoms with Gasteiger partial charge in [-0.05, 0) is 32.6 Å². The van der Waals surface area contributed by atoms with Gasteiger partial charge in [0.05, 0.1) is 18.1 Å². The number of urea groups is 1. The molecule has 0 aromatic carbocycles. The third kappa shape index (κ3) is 5.58. The molecular weight excluding hydrogens is 426 g/mol. The Kier molecular flexibility index (Phi) is 7.26. The molecule has 2 saturated heterocycles. The van der Waals surface area contributed by atoms with Gasteiger partial charge in [0.25, 0.3) is 0 Å². The summed E-state index contributed by atoms with van der Waals surface area (Å²) in [6.45, 7) is 0.569. The van der Waals surface area contributed by atoms with Crippen LogP contribution in [0.5, 0.6) is 0 Å². The van der Waals surface area contributed by atoms with Crippen molar-refractivity contribution in [2.24, 2.45) is 11.1 Å². The normalized spacial score (nSPS) is 23.3. The quantitative estimate of drug-likeness (QED) is 0.331. The third-order valence-electron chi connectivity index (χ3n) is 5.23. The van der Waals surface area contributed by atoms with Crippen LogP contribution in [0, 0.1) is 5.41 Å². The molecule has 0 aromatic rings. The molecular formula is C16H25N3O10S. The van der Waals surface area contributed by atoms with E-state index in [9.17, 15) is 32.7 Å². The number of carboxylic acids is 2. The first-order valence-electron chi connectivity index (χ1n) is 9.29. The fourth-order valence-corrected chi connectivity index (χ4v) is 4.21. The minimum Gasteiger partial charge on any atom is -0.481 e. The van der Waals surface area contributed by atoms with Gasteiger partial charge in [-0.3, -0.25) is 14.4 Å². The Bertz CT molecular complexity index is 816. The van der Waals surface area contributed by atoms with Gasteiger partial charge in [-0.15, -0.1) is 4.28 Å². The van der Waals surface area contributed by atoms with Crippen LogP contribution in [0.1, 0.15) is 45.4 Å². The minimum absolute atomic E-state index is 0.0233. The molecule has 3 amide bonds. The Morgan fingerprint density at radius 3 is 2.47 bits per heavy atom. The van der Waals surface area contributed by atoms with E-state index < -0.39 is 58.4 Å². The van der Waals surface area contributed by atoms with Crippen molar-refractivity contribution in [1.82, 2.24) is 9.96 Å². The predicted molar refractivity (Wildman–Crippen MR) is 97.7 cm³/mol. The number of piperidine rings is 1. The molecule has 2 fully saturated rings. The molecule has 0 aromatic heterocycles. The summed E-state index contributed by atoms with van der Waals surface area (Å²) in [5.74, 6) is -3.05. The summed E-state index contributed by atoms with van der Waals surface area (Å²) < 4.78 is 33.9. The lowest BCUT2D eigenvalue weighted by Gasteiger charge is -2.27. The van der Waals surface area contributed by atoms with Crippen molar-refractivity contribution in [3.8, 4) is 0 Å². The molecule has 0 radical (unpaired) electrons. The molecule has 13 nitrogen and oxygen atoms in total. The summed E-state index contributed by atoms with van der Waals surface area (Å²) in [5.41, 5.74) is 3.64. The minimum atomic E-state index is -4.78. The number of primary amides is 1. The maximum atomic E-state index is 12.4. The highest BCUT2D eigenvalue weighted by atomic mass is 32.3. The molecule has 0 saturated carbocycles. The number of carboxylic acid groups (broad SMARTS) is 2. The van der Waals surface area contributed by atoms with E-state index in [1.165, 1.54) is 6.92 Å². The van der Waals surface area contributed by atoms with Crippen molar-refractivity contribution in [2.45, 2.75) is 57.5 Å². The first kappa shape index (κ1) is 23.8. The van der Waals surface area contributed by atoms with Crippen LogP contribution in [-0.2, 0) is 33.2 Å². The molecule has 2 heterocycles. The van der Waals surface area contributed by atoms with Crippen molar-refractivity contribution in [3.05, 3.63) is 0 Å². The number of hydroxylamine groups is 2. The van der Waals surface area contributed by atoms with Gasteiger partial charge >= 0.3 is 28.4 Å². The maximum absolute atomic E-state index is 12.4. The average Bonchev–Trinajstić information content (AvgIpc) is 2.87. The highest BCUT2D eigenvalue weighted by Crippen LogP contribution is 2.31. The molecule has 14 heteroatoms. The summed E-state index contributed by atoms with van der Waals surface area (Å²) in [7, 11) is -4.78. The van der Waals surface area contributed by atoms with Gasteiger partial charge in [-0.1, -0.05) is 6.42 Å². The Balaban J connectivity index is 1.97. The summed E-state index contributed by atoms with van der Waals surface area (Å²) in [6.07, 6.45) is 0.850. The van der Waals surface area contributed by atoms with E-state index in [1.807, 2.05) is 0 Å². The monoisotopic (exact) mass is 451 g/mol. The standard InChI is InChI=1S/C16H25N3O10S/c1-16(14(23)24,7-3-2-4-12(20)21)9-28-30(26,27)29-19-10-5-6-11(13(17)22)18(8-10)15(19)25/h10-11H,2-9H2,1H3,(H2,17,22)(H,20,21)(H,23,24)/t10-,11+,16?/m1/s1. The second-order valence-electron chi connectivity index (χ2n) is 7.62. The number of carbonyl (C=O) groups is 4. The predicted octanol–water partition coefficient (Wildman–Crippen LogP) is -0.331. The molecule has 4 N–H and O–H groups in total. The van der Waals surface area contributed by atoms with E-state index in [0.717, 1.165) is 4.90 Å². The van der Waals surface area contributed by atoms with Gasteiger partial charge in [-0.25, -0.2) is 8.98 Å². The largest absolute Gasteiger partial charge is 0.481 e. The van der Waals surface area contributed by atoms with Crippen molar-refractivity contribution < 1.29 is 46.3 Å². The van der Waals surface area contributed by atoms with Gasteiger partial charge < -0.3 is 20.8 Å². The Morgan fingerprint density at radius 1 is 1.23 bits per heavy atom. The fourth-order valence-electron chi connectivity index (χ4n) is 3.38. The Hall–Kier alpha value is -2.45. The van der Waals surface area contributed by atoms with Crippen LogP contribution in [0.3, 0.4) is 0 Å². The first-order valence-corrected chi connectivity index (χ1v) is 10.6. The number of unbranched alkanes of at least 4 members (excludes halogenated alkanes) is 1. The lowest BCUT2D eigenvalue weighted by Crippen LogP contribution is -2.47. The smallest absolute Gasteiger partial charge is 0.421 e. The summed E-state index contributed by atoms with van der Waals surface area (Å²) in [5, 5.41) is 18.7. The zero-order valence-corrected chi connectivity index (χ0v) is 17.2. The highest BCUT2D eigenvalue weighted by molar-refractivity contribution is 7.81. The second-order valence-corrected chi connectivity index (χ2v) is 8.82. The number of hydrogen-bond donors (Lipinski definition) is 3. The molecule has 2 rings (SSSR count). The van der Waals surface area contributed by atoms with Gasteiger partial charge in [-0.2, -0.15) is 13.5 Å². The van der Waals surface area contributed by atoms with Crippen molar-refractivity contribution >= 4 is 34.3 Å². The molecule has 0 aliphatic carbocycles. The average molecular weight is 451 g/mol. The Morgan fingerprint density at radius 2 is 1.90 bits per heavy atom. The zero-order valence-electron chi connectivity index (χ0n) is 16.4. The van der Waals surface area contributed by atoms with E-state index in [1.54, 1.807) is 0 Å². The van der Waals surface area contributed by atoms with Crippen LogP contribution in [-0.4, -0.2) is 77.7 Å². The van der Waals surface area contributed by atoms with Crippen molar-refractivity contribution in [3.63, 3.8) is 0 Å². The van der Waals surface area contributed by atoms with E-state index >= 15 is 0 Å². The molecule has 0 spiro atoms. The number of fused-ring (bicyclic) bond motifs is 2. The van der Waals surface area contributed by atoms with Crippen LogP contribution in [0.15, 0.2) is 0 Å². The summed E-state index contributed by atoms with van der Waals surface area (Å²) in [4.78, 5) is 47.0. The van der Waals surface area contributed by atoms with Gasteiger partial charge in [0, 0.05) is 13.0 Å². The lowest BCUT2D eigenvalue weighted by atomic mass is 9.86. The molecule has 1 unspecified atom stereocenters. The molecule has 2 aliphatic heterocycles. The van der Waals surface area contributed by atoms with E-state index in [4.69, 9.17) is 19.3 Å². The number of aliphatic carboxylic acids is 2. The van der Waals surface area contributed by atoms with E-state index in [-0.39, 0.29) is 38.6 Å². The molecule has 170 valence electrons. The number of amides is 3. The maximum Gasteiger partial charge on any atom is 0.421 e. The van der Waals surface area contributed by atoms with Crippen LogP contribution in [0.25, 0.3) is 0 Å².